The summed E-state index contributed by atoms with van der Waals surface area (Å²) in [4.78, 5) is 25.1. The van der Waals surface area contributed by atoms with Crippen molar-refractivity contribution in [3.8, 4) is 11.5 Å². The van der Waals surface area contributed by atoms with Gasteiger partial charge in [-0.25, -0.2) is 0 Å². The van der Waals surface area contributed by atoms with Crippen LogP contribution in [0.25, 0.3) is 6.08 Å². The largest absolute Gasteiger partial charge is 0.493 e. The Bertz CT molecular complexity index is 651. The standard InChI is InChI=1S/C19H25NO6/c1-3-26-17-12-14(4-6-16(17)24-2)5-7-18(21)20(13-19(22)23)15-8-10-25-11-9-15/h4-7,12,15H,3,8-11,13H2,1-2H3,(H,22,23)/b7-5+. The van der Waals surface area contributed by atoms with Crippen molar-refractivity contribution in [2.24, 2.45) is 0 Å². The number of carboxylic acids is 1. The van der Waals surface area contributed by atoms with E-state index in [0.29, 0.717) is 44.2 Å². The highest BCUT2D eigenvalue weighted by Gasteiger charge is 2.26. The predicted molar refractivity (Wildman–Crippen MR) is 96.4 cm³/mol. The first-order valence-electron chi connectivity index (χ1n) is 8.64. The first kappa shape index (κ1) is 19.8. The molecule has 1 fully saturated rings. The molecule has 0 saturated carbocycles. The number of carboxylic acid groups (broad SMARTS) is 1. The van der Waals surface area contributed by atoms with Crippen molar-refractivity contribution in [2.45, 2.75) is 25.8 Å². The van der Waals surface area contributed by atoms with Gasteiger partial charge in [-0.1, -0.05) is 6.07 Å². The van der Waals surface area contributed by atoms with Gasteiger partial charge < -0.3 is 24.2 Å². The fourth-order valence-electron chi connectivity index (χ4n) is 2.86. The van der Waals surface area contributed by atoms with Crippen molar-refractivity contribution >= 4 is 18.0 Å². The summed E-state index contributed by atoms with van der Waals surface area (Å²) in [7, 11) is 1.56. The fourth-order valence-corrected chi connectivity index (χ4v) is 2.86. The summed E-state index contributed by atoms with van der Waals surface area (Å²) in [5, 5.41) is 9.12. The smallest absolute Gasteiger partial charge is 0.323 e. The Morgan fingerprint density at radius 1 is 1.31 bits per heavy atom. The quantitative estimate of drug-likeness (QED) is 0.713. The number of ether oxygens (including phenoxy) is 3. The van der Waals surface area contributed by atoms with Crippen LogP contribution in [0.4, 0.5) is 0 Å². The van der Waals surface area contributed by atoms with Gasteiger partial charge in [0.1, 0.15) is 6.54 Å². The van der Waals surface area contributed by atoms with E-state index in [1.165, 1.54) is 11.0 Å². The summed E-state index contributed by atoms with van der Waals surface area (Å²) >= 11 is 0. The van der Waals surface area contributed by atoms with Gasteiger partial charge in [0.15, 0.2) is 11.5 Å². The zero-order chi connectivity index (χ0) is 18.9. The average Bonchev–Trinajstić information content (AvgIpc) is 2.65. The van der Waals surface area contributed by atoms with Gasteiger partial charge in [0.05, 0.1) is 13.7 Å². The van der Waals surface area contributed by atoms with Crippen LogP contribution in [-0.4, -0.2) is 61.4 Å². The molecule has 1 saturated heterocycles. The van der Waals surface area contributed by atoms with E-state index < -0.39 is 5.97 Å². The van der Waals surface area contributed by atoms with Gasteiger partial charge in [-0.3, -0.25) is 9.59 Å². The molecule has 1 N–H and O–H groups in total. The number of methoxy groups -OCH3 is 1. The van der Waals surface area contributed by atoms with E-state index in [4.69, 9.17) is 19.3 Å². The first-order chi connectivity index (χ1) is 12.5. The van der Waals surface area contributed by atoms with E-state index in [1.807, 2.05) is 6.92 Å². The summed E-state index contributed by atoms with van der Waals surface area (Å²) in [5.41, 5.74) is 0.768. The number of rotatable bonds is 8. The molecule has 26 heavy (non-hydrogen) atoms. The topological polar surface area (TPSA) is 85.3 Å². The Balaban J connectivity index is 2.14. The van der Waals surface area contributed by atoms with Crippen LogP contribution in [0, 0.1) is 0 Å². The van der Waals surface area contributed by atoms with E-state index >= 15 is 0 Å². The predicted octanol–water partition coefficient (Wildman–Crippen LogP) is 2.20. The molecule has 1 amide bonds. The molecule has 0 spiro atoms. The van der Waals surface area contributed by atoms with Crippen molar-refractivity contribution in [1.82, 2.24) is 4.90 Å². The third-order valence-electron chi connectivity index (χ3n) is 4.13. The Hall–Kier alpha value is -2.54. The second-order valence-electron chi connectivity index (χ2n) is 5.88. The van der Waals surface area contributed by atoms with Gasteiger partial charge in [0.2, 0.25) is 5.91 Å². The second-order valence-corrected chi connectivity index (χ2v) is 5.88. The van der Waals surface area contributed by atoms with Crippen molar-refractivity contribution in [3.05, 3.63) is 29.8 Å². The molecular weight excluding hydrogens is 338 g/mol. The van der Waals surface area contributed by atoms with Crippen LogP contribution in [0.5, 0.6) is 11.5 Å². The van der Waals surface area contributed by atoms with Crippen LogP contribution in [0.15, 0.2) is 24.3 Å². The Morgan fingerprint density at radius 2 is 2.04 bits per heavy atom. The summed E-state index contributed by atoms with van der Waals surface area (Å²) in [6.07, 6.45) is 4.34. The minimum Gasteiger partial charge on any atom is -0.493 e. The van der Waals surface area contributed by atoms with E-state index in [1.54, 1.807) is 31.4 Å². The van der Waals surface area contributed by atoms with Crippen LogP contribution in [0.2, 0.25) is 0 Å². The lowest BCUT2D eigenvalue weighted by molar-refractivity contribution is -0.145. The molecule has 0 unspecified atom stereocenters. The number of benzene rings is 1. The highest BCUT2D eigenvalue weighted by Crippen LogP contribution is 2.28. The third kappa shape index (κ3) is 5.49. The molecule has 0 radical (unpaired) electrons. The monoisotopic (exact) mass is 363 g/mol. The zero-order valence-electron chi connectivity index (χ0n) is 15.1. The lowest BCUT2D eigenvalue weighted by Crippen LogP contribution is -2.45. The van der Waals surface area contributed by atoms with Gasteiger partial charge in [-0.2, -0.15) is 0 Å². The minimum atomic E-state index is -1.03. The van der Waals surface area contributed by atoms with Gasteiger partial charge >= 0.3 is 5.97 Å². The number of aliphatic carboxylic acids is 1. The highest BCUT2D eigenvalue weighted by molar-refractivity contribution is 5.93. The molecule has 0 aliphatic carbocycles. The summed E-state index contributed by atoms with van der Waals surface area (Å²) in [5.74, 6) is -0.143. The molecule has 1 heterocycles. The molecule has 7 heteroatoms. The maximum atomic E-state index is 12.6. The maximum absolute atomic E-state index is 12.6. The van der Waals surface area contributed by atoms with Crippen molar-refractivity contribution in [2.75, 3.05) is 33.5 Å². The van der Waals surface area contributed by atoms with E-state index in [-0.39, 0.29) is 18.5 Å². The van der Waals surface area contributed by atoms with Crippen molar-refractivity contribution in [1.29, 1.82) is 0 Å². The molecular formula is C19H25NO6. The molecule has 1 aliphatic rings. The highest BCUT2D eigenvalue weighted by atomic mass is 16.5. The lowest BCUT2D eigenvalue weighted by Gasteiger charge is -2.32. The van der Waals surface area contributed by atoms with E-state index in [9.17, 15) is 9.59 Å². The van der Waals surface area contributed by atoms with Crippen molar-refractivity contribution in [3.63, 3.8) is 0 Å². The lowest BCUT2D eigenvalue weighted by atomic mass is 10.1. The molecule has 1 aromatic rings. The van der Waals surface area contributed by atoms with Gasteiger partial charge in [0, 0.05) is 25.3 Å². The normalized spacial score (nSPS) is 15.0. The molecule has 1 aliphatic heterocycles. The molecule has 0 bridgehead atoms. The zero-order valence-corrected chi connectivity index (χ0v) is 15.1. The van der Waals surface area contributed by atoms with Crippen LogP contribution in [0.3, 0.4) is 0 Å². The number of hydrogen-bond donors (Lipinski definition) is 1. The second kappa shape index (κ2) is 9.82. The van der Waals surface area contributed by atoms with Crippen LogP contribution in [0.1, 0.15) is 25.3 Å². The van der Waals surface area contributed by atoms with Gasteiger partial charge in [-0.15, -0.1) is 0 Å². The summed E-state index contributed by atoms with van der Waals surface area (Å²) < 4.78 is 16.1. The number of carbonyl (C=O) groups is 2. The van der Waals surface area contributed by atoms with Crippen LogP contribution < -0.4 is 9.47 Å². The fraction of sp³-hybridized carbons (Fsp3) is 0.474. The maximum Gasteiger partial charge on any atom is 0.323 e. The van der Waals surface area contributed by atoms with Crippen molar-refractivity contribution < 1.29 is 28.9 Å². The number of amides is 1. The minimum absolute atomic E-state index is 0.119. The van der Waals surface area contributed by atoms with Crippen LogP contribution >= 0.6 is 0 Å². The van der Waals surface area contributed by atoms with E-state index in [2.05, 4.69) is 0 Å². The number of nitrogens with zero attached hydrogens (tertiary/aromatic N) is 1. The Labute approximate surface area is 153 Å². The molecule has 1 aromatic carbocycles. The first-order valence-corrected chi connectivity index (χ1v) is 8.64. The average molecular weight is 363 g/mol. The Morgan fingerprint density at radius 3 is 2.65 bits per heavy atom. The molecule has 142 valence electrons. The SMILES string of the molecule is CCOc1cc(/C=C/C(=O)N(CC(=O)O)C2CCOCC2)ccc1OC. The molecule has 0 aromatic heterocycles. The van der Waals surface area contributed by atoms with Crippen LogP contribution in [-0.2, 0) is 14.3 Å². The van der Waals surface area contributed by atoms with E-state index in [0.717, 1.165) is 5.56 Å². The van der Waals surface area contributed by atoms with Gasteiger partial charge in [-0.05, 0) is 43.5 Å². The number of hydrogen-bond acceptors (Lipinski definition) is 5. The molecule has 0 atom stereocenters. The third-order valence-corrected chi connectivity index (χ3v) is 4.13. The number of carbonyl (C=O) groups excluding carboxylic acids is 1. The Kier molecular flexibility index (Phi) is 7.47. The summed E-state index contributed by atoms with van der Waals surface area (Å²) in [6, 6.07) is 5.23. The summed E-state index contributed by atoms with van der Waals surface area (Å²) in [6.45, 7) is 3.13. The molecule has 2 rings (SSSR count). The van der Waals surface area contributed by atoms with Gasteiger partial charge in [0.25, 0.3) is 0 Å². The molecule has 7 nitrogen and oxygen atoms in total.